The van der Waals surface area contributed by atoms with Crippen LogP contribution in [-0.2, 0) is 14.8 Å². The van der Waals surface area contributed by atoms with Crippen LogP contribution in [0.2, 0.25) is 0 Å². The number of nitro groups is 1. The van der Waals surface area contributed by atoms with Crippen molar-refractivity contribution in [2.75, 3.05) is 26.3 Å². The molecule has 0 saturated carbocycles. The molecule has 0 radical (unpaired) electrons. The third kappa shape index (κ3) is 3.39. The lowest BCUT2D eigenvalue weighted by Crippen LogP contribution is -2.40. The molecule has 1 aromatic heterocycles. The lowest BCUT2D eigenvalue weighted by molar-refractivity contribution is -0.384. The topological polar surface area (TPSA) is 108 Å². The molecular formula is C19H20N4O5S. The fourth-order valence-electron chi connectivity index (χ4n) is 3.41. The van der Waals surface area contributed by atoms with Crippen molar-refractivity contribution in [3.63, 3.8) is 0 Å². The van der Waals surface area contributed by atoms with Crippen LogP contribution in [0.3, 0.4) is 0 Å². The van der Waals surface area contributed by atoms with E-state index in [1.165, 1.54) is 22.8 Å². The second-order valence-electron chi connectivity index (χ2n) is 6.96. The predicted molar refractivity (Wildman–Crippen MR) is 107 cm³/mol. The Morgan fingerprint density at radius 2 is 1.79 bits per heavy atom. The summed E-state index contributed by atoms with van der Waals surface area (Å²) in [5, 5.41) is 11.8. The highest BCUT2D eigenvalue weighted by atomic mass is 32.2. The van der Waals surface area contributed by atoms with Gasteiger partial charge in [-0.2, -0.15) is 4.31 Å². The minimum Gasteiger partial charge on any atom is -0.379 e. The van der Waals surface area contributed by atoms with E-state index in [-0.39, 0.29) is 29.4 Å². The standard InChI is InChI=1S/C19H20N4O5S/c1-13-9-16-18(10-14(13)2)22(12-20-16)17-4-3-15(11-19(17)23(24)25)29(26,27)21-5-7-28-8-6-21/h3-4,9-12H,5-8H2,1-2H3. The van der Waals surface area contributed by atoms with Crippen molar-refractivity contribution in [3.05, 3.63) is 57.9 Å². The number of nitro benzene ring substituents is 1. The number of aromatic nitrogens is 2. The minimum atomic E-state index is -3.83. The number of sulfonamides is 1. The average Bonchev–Trinajstić information content (AvgIpc) is 3.10. The van der Waals surface area contributed by atoms with Gasteiger partial charge in [-0.05, 0) is 49.2 Å². The van der Waals surface area contributed by atoms with Gasteiger partial charge in [-0.3, -0.25) is 14.7 Å². The molecule has 0 bridgehead atoms. The monoisotopic (exact) mass is 416 g/mol. The van der Waals surface area contributed by atoms with Gasteiger partial charge in [-0.15, -0.1) is 0 Å². The number of aryl methyl sites for hydroxylation is 2. The molecule has 3 aromatic rings. The number of rotatable bonds is 4. The number of benzene rings is 2. The Morgan fingerprint density at radius 3 is 2.48 bits per heavy atom. The number of fused-ring (bicyclic) bond motifs is 1. The molecule has 1 saturated heterocycles. The summed E-state index contributed by atoms with van der Waals surface area (Å²) >= 11 is 0. The molecule has 2 heterocycles. The zero-order valence-electron chi connectivity index (χ0n) is 16.0. The molecule has 1 fully saturated rings. The van der Waals surface area contributed by atoms with Gasteiger partial charge in [0.25, 0.3) is 5.69 Å². The van der Waals surface area contributed by atoms with Crippen molar-refractivity contribution in [2.24, 2.45) is 0 Å². The average molecular weight is 416 g/mol. The lowest BCUT2D eigenvalue weighted by atomic mass is 10.1. The van der Waals surface area contributed by atoms with Crippen LogP contribution in [0.15, 0.2) is 41.6 Å². The molecule has 1 aliphatic rings. The lowest BCUT2D eigenvalue weighted by Gasteiger charge is -2.26. The van der Waals surface area contributed by atoms with Crippen molar-refractivity contribution in [1.29, 1.82) is 0 Å². The Labute approximate surface area is 167 Å². The van der Waals surface area contributed by atoms with Gasteiger partial charge in [0.15, 0.2) is 0 Å². The van der Waals surface area contributed by atoms with Gasteiger partial charge in [-0.25, -0.2) is 13.4 Å². The summed E-state index contributed by atoms with van der Waals surface area (Å²) in [5.41, 5.74) is 3.52. The van der Waals surface area contributed by atoms with Gasteiger partial charge in [-0.1, -0.05) is 0 Å². The van der Waals surface area contributed by atoms with E-state index in [9.17, 15) is 18.5 Å². The highest BCUT2D eigenvalue weighted by Crippen LogP contribution is 2.31. The normalized spacial score (nSPS) is 15.7. The minimum absolute atomic E-state index is 0.105. The van der Waals surface area contributed by atoms with Crippen molar-refractivity contribution in [3.8, 4) is 5.69 Å². The van der Waals surface area contributed by atoms with E-state index < -0.39 is 14.9 Å². The Bertz CT molecular complexity index is 1210. The van der Waals surface area contributed by atoms with Crippen LogP contribution in [0.1, 0.15) is 11.1 Å². The molecule has 0 atom stereocenters. The van der Waals surface area contributed by atoms with E-state index in [2.05, 4.69) is 4.98 Å². The maximum Gasteiger partial charge on any atom is 0.294 e. The largest absolute Gasteiger partial charge is 0.379 e. The highest BCUT2D eigenvalue weighted by Gasteiger charge is 2.29. The van der Waals surface area contributed by atoms with E-state index in [0.717, 1.165) is 22.7 Å². The maximum absolute atomic E-state index is 12.9. The van der Waals surface area contributed by atoms with E-state index in [4.69, 9.17) is 4.74 Å². The molecule has 9 nitrogen and oxygen atoms in total. The van der Waals surface area contributed by atoms with Crippen molar-refractivity contribution >= 4 is 26.7 Å². The molecule has 0 unspecified atom stereocenters. The fraction of sp³-hybridized carbons (Fsp3) is 0.316. The summed E-state index contributed by atoms with van der Waals surface area (Å²) in [4.78, 5) is 15.4. The summed E-state index contributed by atoms with van der Waals surface area (Å²) < 4.78 is 33.9. The SMILES string of the molecule is Cc1cc2ncn(-c3ccc(S(=O)(=O)N4CCOCC4)cc3[N+](=O)[O-])c2cc1C. The van der Waals surface area contributed by atoms with Crippen LogP contribution in [0.5, 0.6) is 0 Å². The van der Waals surface area contributed by atoms with Crippen LogP contribution in [0.4, 0.5) is 5.69 Å². The quantitative estimate of drug-likeness (QED) is 0.478. The second kappa shape index (κ2) is 7.21. The van der Waals surface area contributed by atoms with Crippen LogP contribution in [-0.4, -0.2) is 53.5 Å². The van der Waals surface area contributed by atoms with E-state index in [1.807, 2.05) is 26.0 Å². The molecule has 4 rings (SSSR count). The summed E-state index contributed by atoms with van der Waals surface area (Å²) in [6.45, 7) is 4.99. The summed E-state index contributed by atoms with van der Waals surface area (Å²) in [7, 11) is -3.83. The molecular weight excluding hydrogens is 396 g/mol. The third-order valence-corrected chi connectivity index (χ3v) is 7.07. The highest BCUT2D eigenvalue weighted by molar-refractivity contribution is 7.89. The van der Waals surface area contributed by atoms with Crippen molar-refractivity contribution in [2.45, 2.75) is 18.7 Å². The maximum atomic E-state index is 12.9. The van der Waals surface area contributed by atoms with Crippen molar-refractivity contribution in [1.82, 2.24) is 13.9 Å². The van der Waals surface area contributed by atoms with Crippen LogP contribution < -0.4 is 0 Å². The molecule has 0 amide bonds. The molecule has 2 aromatic carbocycles. The first kappa shape index (κ1) is 19.5. The zero-order chi connectivity index (χ0) is 20.8. The van der Waals surface area contributed by atoms with E-state index in [1.54, 1.807) is 4.57 Å². The first-order valence-corrected chi connectivity index (χ1v) is 10.5. The molecule has 0 aliphatic carbocycles. The van der Waals surface area contributed by atoms with E-state index >= 15 is 0 Å². The Hall–Kier alpha value is -2.82. The van der Waals surface area contributed by atoms with Gasteiger partial charge >= 0.3 is 0 Å². The smallest absolute Gasteiger partial charge is 0.294 e. The summed E-state index contributed by atoms with van der Waals surface area (Å²) in [5.74, 6) is 0. The molecule has 29 heavy (non-hydrogen) atoms. The Kier molecular flexibility index (Phi) is 4.85. The first-order chi connectivity index (χ1) is 13.8. The number of hydrogen-bond donors (Lipinski definition) is 0. The molecule has 0 spiro atoms. The van der Waals surface area contributed by atoms with E-state index in [0.29, 0.717) is 18.7 Å². The third-order valence-electron chi connectivity index (χ3n) is 5.17. The number of ether oxygens (including phenoxy) is 1. The Balaban J connectivity index is 1.84. The van der Waals surface area contributed by atoms with Gasteiger partial charge in [0.2, 0.25) is 10.0 Å². The number of nitrogens with zero attached hydrogens (tertiary/aromatic N) is 4. The van der Waals surface area contributed by atoms with Gasteiger partial charge in [0.05, 0.1) is 34.1 Å². The van der Waals surface area contributed by atoms with Crippen LogP contribution in [0, 0.1) is 24.0 Å². The number of imidazole rings is 1. The Morgan fingerprint density at radius 1 is 1.10 bits per heavy atom. The molecule has 10 heteroatoms. The number of morpholine rings is 1. The second-order valence-corrected chi connectivity index (χ2v) is 8.90. The van der Waals surface area contributed by atoms with Gasteiger partial charge < -0.3 is 4.74 Å². The molecule has 1 aliphatic heterocycles. The summed E-state index contributed by atoms with van der Waals surface area (Å²) in [6, 6.07) is 7.82. The zero-order valence-corrected chi connectivity index (χ0v) is 16.8. The molecule has 0 N–H and O–H groups in total. The predicted octanol–water partition coefficient (Wildman–Crippen LogP) is 2.57. The molecule has 152 valence electrons. The summed E-state index contributed by atoms with van der Waals surface area (Å²) in [6.07, 6.45) is 1.52. The van der Waals surface area contributed by atoms with Crippen LogP contribution >= 0.6 is 0 Å². The first-order valence-electron chi connectivity index (χ1n) is 9.10. The number of hydrogen-bond acceptors (Lipinski definition) is 6. The van der Waals surface area contributed by atoms with Gasteiger partial charge in [0.1, 0.15) is 12.0 Å². The fourth-order valence-corrected chi connectivity index (χ4v) is 4.83. The van der Waals surface area contributed by atoms with Crippen molar-refractivity contribution < 1.29 is 18.1 Å². The van der Waals surface area contributed by atoms with Gasteiger partial charge in [0, 0.05) is 19.2 Å². The van der Waals surface area contributed by atoms with Crippen LogP contribution in [0.25, 0.3) is 16.7 Å².